The summed E-state index contributed by atoms with van der Waals surface area (Å²) in [5, 5.41) is 8.96. The van der Waals surface area contributed by atoms with Gasteiger partial charge in [0, 0.05) is 7.11 Å². The van der Waals surface area contributed by atoms with E-state index in [1.165, 1.54) is 7.11 Å². The summed E-state index contributed by atoms with van der Waals surface area (Å²) in [5.74, 6) is -2.14. The molecule has 1 heterocycles. The number of nitrogens with zero attached hydrogens (tertiary/aromatic N) is 1. The number of carbonyl (C=O) groups is 3. The molecule has 0 bridgehead atoms. The number of methoxy groups -OCH3 is 1. The van der Waals surface area contributed by atoms with Crippen LogP contribution in [0.4, 0.5) is 0 Å². The normalized spacial score (nSPS) is 15.4. The largest absolute Gasteiger partial charge is 0.479 e. The van der Waals surface area contributed by atoms with Crippen LogP contribution in [0.25, 0.3) is 0 Å². The van der Waals surface area contributed by atoms with E-state index in [1.54, 1.807) is 26.0 Å². The van der Waals surface area contributed by atoms with Crippen molar-refractivity contribution in [2.24, 2.45) is 0 Å². The third-order valence-corrected chi connectivity index (χ3v) is 3.45. The molecule has 1 unspecified atom stereocenters. The van der Waals surface area contributed by atoms with Gasteiger partial charge in [0.25, 0.3) is 11.8 Å². The number of rotatable bonds is 4. The van der Waals surface area contributed by atoms with Crippen molar-refractivity contribution in [2.45, 2.75) is 20.0 Å². The average Bonchev–Trinajstić information content (AvgIpc) is 2.64. The lowest BCUT2D eigenvalue weighted by molar-refractivity contribution is -0.148. The Labute approximate surface area is 115 Å². The maximum atomic E-state index is 12.3. The van der Waals surface area contributed by atoms with Gasteiger partial charge in [0.1, 0.15) is 0 Å². The van der Waals surface area contributed by atoms with E-state index in [9.17, 15) is 14.4 Å². The smallest absolute Gasteiger partial charge is 0.334 e. The van der Waals surface area contributed by atoms with Crippen molar-refractivity contribution in [1.82, 2.24) is 4.90 Å². The van der Waals surface area contributed by atoms with E-state index < -0.39 is 23.9 Å². The first-order chi connectivity index (χ1) is 9.38. The predicted octanol–water partition coefficient (Wildman–Crippen LogP) is 0.999. The first-order valence-corrected chi connectivity index (χ1v) is 6.10. The van der Waals surface area contributed by atoms with Gasteiger partial charge in [0.2, 0.25) is 0 Å². The zero-order chi connectivity index (χ0) is 15.0. The highest BCUT2D eigenvalue weighted by Gasteiger charge is 2.40. The van der Waals surface area contributed by atoms with Crippen LogP contribution >= 0.6 is 0 Å². The van der Waals surface area contributed by atoms with Crippen molar-refractivity contribution in [3.05, 3.63) is 34.4 Å². The molecule has 20 heavy (non-hydrogen) atoms. The molecule has 106 valence electrons. The van der Waals surface area contributed by atoms with Crippen LogP contribution in [-0.2, 0) is 9.53 Å². The molecule has 2 amide bonds. The van der Waals surface area contributed by atoms with Gasteiger partial charge in [-0.25, -0.2) is 4.79 Å². The average molecular weight is 277 g/mol. The van der Waals surface area contributed by atoms with Crippen LogP contribution in [0.5, 0.6) is 0 Å². The Hall–Kier alpha value is -2.21. The SMILES string of the molecule is COC(CN1C(=O)c2c(C)ccc(C)c2C1=O)C(=O)O. The molecule has 1 N–H and O–H groups in total. The predicted molar refractivity (Wildman–Crippen MR) is 69.7 cm³/mol. The molecule has 1 aliphatic heterocycles. The lowest BCUT2D eigenvalue weighted by atomic mass is 9.99. The van der Waals surface area contributed by atoms with E-state index in [1.807, 2.05) is 0 Å². The molecule has 0 saturated heterocycles. The first kappa shape index (κ1) is 14.2. The number of fused-ring (bicyclic) bond motifs is 1. The monoisotopic (exact) mass is 277 g/mol. The molecule has 1 aliphatic rings. The Morgan fingerprint density at radius 1 is 1.20 bits per heavy atom. The highest BCUT2D eigenvalue weighted by atomic mass is 16.5. The summed E-state index contributed by atoms with van der Waals surface area (Å²) in [5.41, 5.74) is 2.12. The molecular weight excluding hydrogens is 262 g/mol. The maximum absolute atomic E-state index is 12.3. The fourth-order valence-corrected chi connectivity index (χ4v) is 2.31. The number of carbonyl (C=O) groups excluding carboxylic acids is 2. The molecular formula is C14H15NO5. The summed E-state index contributed by atoms with van der Waals surface area (Å²) in [6.07, 6.45) is -1.22. The molecule has 1 aromatic rings. The zero-order valence-corrected chi connectivity index (χ0v) is 11.5. The van der Waals surface area contributed by atoms with Crippen molar-refractivity contribution in [2.75, 3.05) is 13.7 Å². The Morgan fingerprint density at radius 3 is 2.00 bits per heavy atom. The summed E-state index contributed by atoms with van der Waals surface area (Å²) in [6.45, 7) is 3.20. The number of carboxylic acid groups (broad SMARTS) is 1. The summed E-state index contributed by atoms with van der Waals surface area (Å²) in [4.78, 5) is 36.5. The van der Waals surface area contributed by atoms with Gasteiger partial charge in [0.05, 0.1) is 17.7 Å². The number of amides is 2. The van der Waals surface area contributed by atoms with Gasteiger partial charge in [-0.3, -0.25) is 14.5 Å². The van der Waals surface area contributed by atoms with Gasteiger partial charge >= 0.3 is 5.97 Å². The van der Waals surface area contributed by atoms with Gasteiger partial charge in [-0.1, -0.05) is 12.1 Å². The fourth-order valence-electron chi connectivity index (χ4n) is 2.31. The Kier molecular flexibility index (Phi) is 3.59. The van der Waals surface area contributed by atoms with Gasteiger partial charge in [-0.15, -0.1) is 0 Å². The van der Waals surface area contributed by atoms with Crippen molar-refractivity contribution in [3.63, 3.8) is 0 Å². The highest BCUT2D eigenvalue weighted by Crippen LogP contribution is 2.28. The van der Waals surface area contributed by atoms with E-state index in [2.05, 4.69) is 0 Å². The highest BCUT2D eigenvalue weighted by molar-refractivity contribution is 6.22. The minimum absolute atomic E-state index is 0.295. The third kappa shape index (κ3) is 2.08. The fraction of sp³-hybridized carbons (Fsp3) is 0.357. The lowest BCUT2D eigenvalue weighted by Gasteiger charge is -2.18. The second-order valence-corrected chi connectivity index (χ2v) is 4.73. The quantitative estimate of drug-likeness (QED) is 0.830. The molecule has 1 atom stereocenters. The standard InChI is InChI=1S/C14H15NO5/c1-7-4-5-8(2)11-10(7)12(16)15(13(11)17)6-9(20-3)14(18)19/h4-5,9H,6H2,1-3H3,(H,18,19). The van der Waals surface area contributed by atoms with E-state index in [0.717, 1.165) is 4.90 Å². The van der Waals surface area contributed by atoms with Crippen LogP contribution in [0.15, 0.2) is 12.1 Å². The number of aliphatic carboxylic acids is 1. The Morgan fingerprint density at radius 2 is 1.65 bits per heavy atom. The Bertz CT molecular complexity index is 567. The van der Waals surface area contributed by atoms with Crippen LogP contribution in [0.1, 0.15) is 31.8 Å². The molecule has 1 aromatic carbocycles. The summed E-state index contributed by atoms with van der Waals surface area (Å²) in [6, 6.07) is 3.54. The second-order valence-electron chi connectivity index (χ2n) is 4.73. The van der Waals surface area contributed by atoms with Crippen LogP contribution in [0.2, 0.25) is 0 Å². The Balaban J connectivity index is 2.40. The zero-order valence-electron chi connectivity index (χ0n) is 11.5. The van der Waals surface area contributed by atoms with E-state index >= 15 is 0 Å². The van der Waals surface area contributed by atoms with Crippen molar-refractivity contribution < 1.29 is 24.2 Å². The molecule has 0 fully saturated rings. The van der Waals surface area contributed by atoms with Gasteiger partial charge < -0.3 is 9.84 Å². The number of imide groups is 1. The van der Waals surface area contributed by atoms with E-state index in [0.29, 0.717) is 22.3 Å². The summed E-state index contributed by atoms with van der Waals surface area (Å²) < 4.78 is 4.78. The van der Waals surface area contributed by atoms with Crippen molar-refractivity contribution in [3.8, 4) is 0 Å². The number of aryl methyl sites for hydroxylation is 2. The molecule has 2 rings (SSSR count). The van der Waals surface area contributed by atoms with Crippen LogP contribution in [0.3, 0.4) is 0 Å². The van der Waals surface area contributed by atoms with E-state index in [-0.39, 0.29) is 6.54 Å². The number of benzene rings is 1. The molecule has 0 aliphatic carbocycles. The third-order valence-electron chi connectivity index (χ3n) is 3.45. The van der Waals surface area contributed by atoms with Crippen molar-refractivity contribution in [1.29, 1.82) is 0 Å². The molecule has 0 spiro atoms. The lowest BCUT2D eigenvalue weighted by Crippen LogP contribution is -2.41. The number of carboxylic acids is 1. The van der Waals surface area contributed by atoms with Crippen LogP contribution in [0, 0.1) is 13.8 Å². The molecule has 0 aromatic heterocycles. The molecule has 6 nitrogen and oxygen atoms in total. The summed E-state index contributed by atoms with van der Waals surface area (Å²) in [7, 11) is 1.23. The number of ether oxygens (including phenoxy) is 1. The van der Waals surface area contributed by atoms with Gasteiger partial charge in [-0.05, 0) is 25.0 Å². The summed E-state index contributed by atoms with van der Waals surface area (Å²) >= 11 is 0. The van der Waals surface area contributed by atoms with Crippen molar-refractivity contribution >= 4 is 17.8 Å². The topological polar surface area (TPSA) is 83.9 Å². The van der Waals surface area contributed by atoms with Crippen LogP contribution < -0.4 is 0 Å². The van der Waals surface area contributed by atoms with Crippen LogP contribution in [-0.4, -0.2) is 47.5 Å². The minimum atomic E-state index is -1.22. The second kappa shape index (κ2) is 5.05. The molecule has 0 saturated carbocycles. The first-order valence-electron chi connectivity index (χ1n) is 6.10. The van der Waals surface area contributed by atoms with E-state index in [4.69, 9.17) is 9.84 Å². The minimum Gasteiger partial charge on any atom is -0.479 e. The maximum Gasteiger partial charge on any atom is 0.334 e. The number of hydrogen-bond donors (Lipinski definition) is 1. The molecule has 0 radical (unpaired) electrons. The van der Waals surface area contributed by atoms with Gasteiger partial charge in [0.15, 0.2) is 6.10 Å². The number of hydrogen-bond acceptors (Lipinski definition) is 4. The molecule has 6 heteroatoms. The van der Waals surface area contributed by atoms with Gasteiger partial charge in [-0.2, -0.15) is 0 Å².